The first-order valence-corrected chi connectivity index (χ1v) is 3.89. The number of hydrogen-bond donors (Lipinski definition) is 3. The summed E-state index contributed by atoms with van der Waals surface area (Å²) in [6, 6.07) is 0. The van der Waals surface area contributed by atoms with Crippen LogP contribution in [0.5, 0.6) is 0 Å². The SMILES string of the molecule is O=C(O)CC(=O)NCCCS. The van der Waals surface area contributed by atoms with Crippen LogP contribution in [0.1, 0.15) is 12.8 Å². The van der Waals surface area contributed by atoms with Crippen LogP contribution in [0.15, 0.2) is 0 Å². The number of carboxylic acids is 1. The van der Waals surface area contributed by atoms with E-state index >= 15 is 0 Å². The Morgan fingerprint density at radius 1 is 1.45 bits per heavy atom. The molecule has 1 amide bonds. The molecule has 0 fully saturated rings. The van der Waals surface area contributed by atoms with Crippen molar-refractivity contribution in [1.29, 1.82) is 0 Å². The smallest absolute Gasteiger partial charge is 0.312 e. The average Bonchev–Trinajstić information content (AvgIpc) is 1.86. The average molecular weight is 177 g/mol. The summed E-state index contributed by atoms with van der Waals surface area (Å²) in [5.41, 5.74) is 0. The molecule has 0 heterocycles. The Hall–Kier alpha value is -0.710. The molecule has 4 nitrogen and oxygen atoms in total. The predicted molar refractivity (Wildman–Crippen MR) is 43.7 cm³/mol. The number of carbonyl (C=O) groups is 2. The van der Waals surface area contributed by atoms with Gasteiger partial charge in [-0.3, -0.25) is 9.59 Å². The minimum Gasteiger partial charge on any atom is -0.481 e. The van der Waals surface area contributed by atoms with Gasteiger partial charge in [0.2, 0.25) is 5.91 Å². The van der Waals surface area contributed by atoms with Crippen LogP contribution in [0.2, 0.25) is 0 Å². The summed E-state index contributed by atoms with van der Waals surface area (Å²) in [6.45, 7) is 0.496. The van der Waals surface area contributed by atoms with Crippen molar-refractivity contribution < 1.29 is 14.7 Å². The molecular weight excluding hydrogens is 166 g/mol. The van der Waals surface area contributed by atoms with E-state index in [9.17, 15) is 9.59 Å². The fourth-order valence-corrected chi connectivity index (χ4v) is 0.665. The first-order valence-electron chi connectivity index (χ1n) is 3.26. The summed E-state index contributed by atoms with van der Waals surface area (Å²) in [6.07, 6.45) is 0.307. The van der Waals surface area contributed by atoms with Gasteiger partial charge in [0.05, 0.1) is 0 Å². The first-order chi connectivity index (χ1) is 5.16. The highest BCUT2D eigenvalue weighted by Crippen LogP contribution is 1.83. The molecule has 0 aromatic rings. The van der Waals surface area contributed by atoms with Crippen molar-refractivity contribution in [3.63, 3.8) is 0 Å². The molecule has 0 bridgehead atoms. The Kier molecular flexibility index (Phi) is 5.64. The number of carbonyl (C=O) groups excluding carboxylic acids is 1. The first kappa shape index (κ1) is 10.3. The van der Waals surface area contributed by atoms with E-state index in [-0.39, 0.29) is 0 Å². The summed E-state index contributed by atoms with van der Waals surface area (Å²) >= 11 is 3.93. The van der Waals surface area contributed by atoms with Crippen molar-refractivity contribution in [3.05, 3.63) is 0 Å². The maximum Gasteiger partial charge on any atom is 0.312 e. The molecule has 0 radical (unpaired) electrons. The second kappa shape index (κ2) is 6.03. The van der Waals surface area contributed by atoms with Gasteiger partial charge in [0.1, 0.15) is 6.42 Å². The van der Waals surface area contributed by atoms with Crippen molar-refractivity contribution in [1.82, 2.24) is 5.32 Å². The van der Waals surface area contributed by atoms with Gasteiger partial charge in [-0.15, -0.1) is 0 Å². The van der Waals surface area contributed by atoms with Crippen molar-refractivity contribution in [2.45, 2.75) is 12.8 Å². The highest BCUT2D eigenvalue weighted by molar-refractivity contribution is 7.80. The number of rotatable bonds is 5. The second-order valence-electron chi connectivity index (χ2n) is 2.00. The molecule has 0 saturated carbocycles. The lowest BCUT2D eigenvalue weighted by atomic mass is 10.4. The third-order valence-electron chi connectivity index (χ3n) is 0.969. The van der Waals surface area contributed by atoms with Gasteiger partial charge in [0.15, 0.2) is 0 Å². The number of aliphatic carboxylic acids is 1. The molecule has 2 N–H and O–H groups in total. The quantitative estimate of drug-likeness (QED) is 0.312. The van der Waals surface area contributed by atoms with Crippen LogP contribution in [-0.4, -0.2) is 29.3 Å². The lowest BCUT2D eigenvalue weighted by Gasteiger charge is -1.99. The molecule has 0 rings (SSSR count). The van der Waals surface area contributed by atoms with E-state index in [1.54, 1.807) is 0 Å². The summed E-state index contributed by atoms with van der Waals surface area (Å²) in [5, 5.41) is 10.6. The zero-order chi connectivity index (χ0) is 8.69. The lowest BCUT2D eigenvalue weighted by Crippen LogP contribution is -2.26. The van der Waals surface area contributed by atoms with Gasteiger partial charge in [-0.2, -0.15) is 12.6 Å². The molecule has 0 aromatic carbocycles. The Bertz CT molecular complexity index is 149. The van der Waals surface area contributed by atoms with Crippen LogP contribution in [0.4, 0.5) is 0 Å². The van der Waals surface area contributed by atoms with E-state index in [2.05, 4.69) is 17.9 Å². The van der Waals surface area contributed by atoms with Crippen LogP contribution >= 0.6 is 12.6 Å². The summed E-state index contributed by atoms with van der Waals surface area (Å²) in [7, 11) is 0. The third-order valence-corrected chi connectivity index (χ3v) is 1.29. The predicted octanol–water partition coefficient (Wildman–Crippen LogP) is -0.103. The van der Waals surface area contributed by atoms with Gasteiger partial charge < -0.3 is 10.4 Å². The second-order valence-corrected chi connectivity index (χ2v) is 2.44. The topological polar surface area (TPSA) is 66.4 Å². The highest BCUT2D eigenvalue weighted by Gasteiger charge is 2.04. The van der Waals surface area contributed by atoms with E-state index < -0.39 is 18.3 Å². The van der Waals surface area contributed by atoms with E-state index in [4.69, 9.17) is 5.11 Å². The molecule has 0 atom stereocenters. The molecule has 0 unspecified atom stereocenters. The van der Waals surface area contributed by atoms with E-state index in [1.807, 2.05) is 0 Å². The molecule has 0 aliphatic rings. The molecule has 0 aliphatic heterocycles. The number of amides is 1. The maximum atomic E-state index is 10.6. The Morgan fingerprint density at radius 2 is 2.09 bits per heavy atom. The number of hydrogen-bond acceptors (Lipinski definition) is 3. The molecule has 11 heavy (non-hydrogen) atoms. The van der Waals surface area contributed by atoms with Crippen molar-refractivity contribution in [2.75, 3.05) is 12.3 Å². The van der Waals surface area contributed by atoms with E-state index in [1.165, 1.54) is 0 Å². The van der Waals surface area contributed by atoms with Crippen LogP contribution < -0.4 is 5.32 Å². The standard InChI is InChI=1S/C6H11NO3S/c8-5(4-6(9)10)7-2-1-3-11/h11H,1-4H2,(H,7,8)(H,9,10). The van der Waals surface area contributed by atoms with Gasteiger partial charge >= 0.3 is 5.97 Å². The Morgan fingerprint density at radius 3 is 2.55 bits per heavy atom. The third kappa shape index (κ3) is 7.18. The van der Waals surface area contributed by atoms with E-state index in [0.29, 0.717) is 12.3 Å². The zero-order valence-electron chi connectivity index (χ0n) is 6.04. The molecule has 0 aliphatic carbocycles. The fraction of sp³-hybridized carbons (Fsp3) is 0.667. The number of nitrogens with one attached hydrogen (secondary N) is 1. The van der Waals surface area contributed by atoms with Crippen molar-refractivity contribution in [2.24, 2.45) is 0 Å². The minimum atomic E-state index is -1.10. The fourth-order valence-electron chi connectivity index (χ4n) is 0.507. The Balaban J connectivity index is 3.30. The largest absolute Gasteiger partial charge is 0.481 e. The molecule has 0 saturated heterocycles. The summed E-state index contributed by atoms with van der Waals surface area (Å²) in [5.74, 6) is -0.861. The van der Waals surface area contributed by atoms with Crippen LogP contribution in [-0.2, 0) is 9.59 Å². The van der Waals surface area contributed by atoms with Gasteiger partial charge in [-0.05, 0) is 12.2 Å². The summed E-state index contributed by atoms with van der Waals surface area (Å²) in [4.78, 5) is 20.6. The minimum absolute atomic E-state index is 0.445. The van der Waals surface area contributed by atoms with Crippen molar-refractivity contribution >= 4 is 24.5 Å². The molecule has 5 heteroatoms. The van der Waals surface area contributed by atoms with Crippen LogP contribution in [0.25, 0.3) is 0 Å². The highest BCUT2D eigenvalue weighted by atomic mass is 32.1. The molecule has 64 valence electrons. The van der Waals surface area contributed by atoms with Crippen LogP contribution in [0, 0.1) is 0 Å². The van der Waals surface area contributed by atoms with Gasteiger partial charge in [0, 0.05) is 6.54 Å². The van der Waals surface area contributed by atoms with Gasteiger partial charge in [-0.25, -0.2) is 0 Å². The van der Waals surface area contributed by atoms with Gasteiger partial charge in [-0.1, -0.05) is 0 Å². The normalized spacial score (nSPS) is 9.18. The molecular formula is C6H11NO3S. The zero-order valence-corrected chi connectivity index (χ0v) is 6.93. The van der Waals surface area contributed by atoms with Crippen molar-refractivity contribution in [3.8, 4) is 0 Å². The number of carboxylic acid groups (broad SMARTS) is 1. The lowest BCUT2D eigenvalue weighted by molar-refractivity contribution is -0.140. The number of thiol groups is 1. The maximum absolute atomic E-state index is 10.6. The Labute approximate surface area is 70.4 Å². The van der Waals surface area contributed by atoms with E-state index in [0.717, 1.165) is 6.42 Å². The van der Waals surface area contributed by atoms with Gasteiger partial charge in [0.25, 0.3) is 0 Å². The van der Waals surface area contributed by atoms with Crippen LogP contribution in [0.3, 0.4) is 0 Å². The summed E-state index contributed by atoms with van der Waals surface area (Å²) < 4.78 is 0. The molecule has 0 aromatic heterocycles. The molecule has 0 spiro atoms. The monoisotopic (exact) mass is 177 g/mol.